The maximum Gasteiger partial charge on any atom is 0.123 e. The van der Waals surface area contributed by atoms with Gasteiger partial charge in [-0.15, -0.1) is 11.8 Å². The van der Waals surface area contributed by atoms with Crippen molar-refractivity contribution >= 4 is 17.8 Å². The van der Waals surface area contributed by atoms with Crippen LogP contribution in [0.1, 0.15) is 12.0 Å². The van der Waals surface area contributed by atoms with E-state index in [1.807, 2.05) is 42.2 Å². The lowest BCUT2D eigenvalue weighted by Crippen LogP contribution is -2.09. The van der Waals surface area contributed by atoms with Gasteiger partial charge in [-0.1, -0.05) is 24.3 Å². The minimum atomic E-state index is -0.190. The van der Waals surface area contributed by atoms with E-state index >= 15 is 0 Å². The van der Waals surface area contributed by atoms with Gasteiger partial charge in [0.05, 0.1) is 0 Å². The highest BCUT2D eigenvalue weighted by Gasteiger charge is 1.99. The standard InChI is InChI=1S/C15H16FNS/c16-14-7-5-13(6-8-14)12-15-4-2-1-3-9-17-10-11-18-15/h1-3,5-9,12,17H,4,10-11H2/b2-1-,9-3-,15-12-. The predicted octanol–water partition coefficient (Wildman–Crippen LogP) is 3.96. The summed E-state index contributed by atoms with van der Waals surface area (Å²) in [5.41, 5.74) is 1.05. The monoisotopic (exact) mass is 261 g/mol. The zero-order valence-electron chi connectivity index (χ0n) is 10.1. The van der Waals surface area contributed by atoms with Crippen molar-refractivity contribution in [1.29, 1.82) is 0 Å². The Morgan fingerprint density at radius 1 is 1.17 bits per heavy atom. The number of benzene rings is 1. The second-order valence-electron chi connectivity index (χ2n) is 3.96. The van der Waals surface area contributed by atoms with Crippen molar-refractivity contribution in [3.8, 4) is 0 Å². The van der Waals surface area contributed by atoms with Gasteiger partial charge >= 0.3 is 0 Å². The molecular weight excluding hydrogens is 245 g/mol. The van der Waals surface area contributed by atoms with Crippen LogP contribution in [0, 0.1) is 5.82 Å². The van der Waals surface area contributed by atoms with Gasteiger partial charge in [0, 0.05) is 12.3 Å². The zero-order chi connectivity index (χ0) is 12.6. The van der Waals surface area contributed by atoms with E-state index in [0.717, 1.165) is 24.3 Å². The lowest BCUT2D eigenvalue weighted by Gasteiger charge is -2.07. The molecular formula is C15H16FNS. The Hall–Kier alpha value is -1.48. The molecule has 0 bridgehead atoms. The largest absolute Gasteiger partial charge is 0.390 e. The molecule has 0 aliphatic carbocycles. The summed E-state index contributed by atoms with van der Waals surface area (Å²) in [6.45, 7) is 0.954. The third-order valence-corrected chi connectivity index (χ3v) is 3.58. The highest BCUT2D eigenvalue weighted by atomic mass is 32.2. The van der Waals surface area contributed by atoms with E-state index in [-0.39, 0.29) is 5.82 Å². The van der Waals surface area contributed by atoms with Crippen molar-refractivity contribution in [2.75, 3.05) is 12.3 Å². The fourth-order valence-electron chi connectivity index (χ4n) is 1.62. The molecule has 0 saturated carbocycles. The maximum absolute atomic E-state index is 12.8. The summed E-state index contributed by atoms with van der Waals surface area (Å²) in [6.07, 6.45) is 11.2. The lowest BCUT2D eigenvalue weighted by molar-refractivity contribution is 0.628. The van der Waals surface area contributed by atoms with Crippen LogP contribution in [0.25, 0.3) is 6.08 Å². The average molecular weight is 261 g/mol. The molecule has 0 spiro atoms. The first-order chi connectivity index (χ1) is 8.84. The summed E-state index contributed by atoms with van der Waals surface area (Å²) in [6, 6.07) is 6.61. The van der Waals surface area contributed by atoms with Crippen molar-refractivity contribution in [1.82, 2.24) is 5.32 Å². The Kier molecular flexibility index (Phi) is 5.09. The Labute approximate surface area is 111 Å². The first kappa shape index (κ1) is 13.0. The maximum atomic E-state index is 12.8. The molecule has 0 fully saturated rings. The molecule has 1 N–H and O–H groups in total. The summed E-state index contributed by atoms with van der Waals surface area (Å²) in [5.74, 6) is 0.843. The molecule has 0 unspecified atom stereocenters. The smallest absolute Gasteiger partial charge is 0.123 e. The van der Waals surface area contributed by atoms with Gasteiger partial charge < -0.3 is 5.32 Å². The SMILES string of the molecule is Fc1ccc(/C=C2/C/C=C\C=C/NCCS2)cc1. The molecule has 0 saturated heterocycles. The molecule has 0 aromatic heterocycles. The topological polar surface area (TPSA) is 12.0 Å². The number of allylic oxidation sites excluding steroid dienone is 4. The van der Waals surface area contributed by atoms with E-state index in [4.69, 9.17) is 0 Å². The van der Waals surface area contributed by atoms with Crippen molar-refractivity contribution in [2.24, 2.45) is 0 Å². The van der Waals surface area contributed by atoms with Crippen LogP contribution in [0.2, 0.25) is 0 Å². The van der Waals surface area contributed by atoms with E-state index in [1.54, 1.807) is 0 Å². The highest BCUT2D eigenvalue weighted by Crippen LogP contribution is 2.23. The number of rotatable bonds is 1. The molecule has 3 heteroatoms. The van der Waals surface area contributed by atoms with E-state index in [0.29, 0.717) is 0 Å². The molecule has 1 aromatic rings. The van der Waals surface area contributed by atoms with E-state index in [2.05, 4.69) is 17.5 Å². The molecule has 1 aliphatic heterocycles. The van der Waals surface area contributed by atoms with Crippen molar-refractivity contribution in [3.63, 3.8) is 0 Å². The second-order valence-corrected chi connectivity index (χ2v) is 5.18. The molecule has 94 valence electrons. The number of nitrogens with one attached hydrogen (secondary N) is 1. The number of thioether (sulfide) groups is 1. The van der Waals surface area contributed by atoms with Gasteiger partial charge in [-0.3, -0.25) is 0 Å². The van der Waals surface area contributed by atoms with Crippen LogP contribution >= 0.6 is 11.8 Å². The van der Waals surface area contributed by atoms with Crippen molar-refractivity contribution in [2.45, 2.75) is 6.42 Å². The highest BCUT2D eigenvalue weighted by molar-refractivity contribution is 8.03. The Balaban J connectivity index is 2.10. The minimum absolute atomic E-state index is 0.190. The third kappa shape index (κ3) is 4.41. The molecule has 0 radical (unpaired) electrons. The number of hydrogen-bond acceptors (Lipinski definition) is 2. The summed E-state index contributed by atoms with van der Waals surface area (Å²) < 4.78 is 12.8. The van der Waals surface area contributed by atoms with Crippen LogP contribution in [0.3, 0.4) is 0 Å². The van der Waals surface area contributed by atoms with Gasteiger partial charge in [-0.05, 0) is 47.4 Å². The minimum Gasteiger partial charge on any atom is -0.390 e. The predicted molar refractivity (Wildman–Crippen MR) is 77.7 cm³/mol. The fraction of sp³-hybridized carbons (Fsp3) is 0.200. The third-order valence-electron chi connectivity index (χ3n) is 2.51. The second kappa shape index (κ2) is 7.07. The summed E-state index contributed by atoms with van der Waals surface area (Å²) >= 11 is 1.84. The summed E-state index contributed by atoms with van der Waals surface area (Å²) in [7, 11) is 0. The van der Waals surface area contributed by atoms with Gasteiger partial charge in [0.2, 0.25) is 0 Å². The fourth-order valence-corrected chi connectivity index (χ4v) is 2.53. The summed E-state index contributed by atoms with van der Waals surface area (Å²) in [5, 5.41) is 3.22. The molecule has 1 heterocycles. The number of hydrogen-bond donors (Lipinski definition) is 1. The quantitative estimate of drug-likeness (QED) is 0.821. The van der Waals surface area contributed by atoms with Crippen LogP contribution in [0.15, 0.2) is 53.6 Å². The first-order valence-corrected chi connectivity index (χ1v) is 6.97. The first-order valence-electron chi connectivity index (χ1n) is 5.98. The van der Waals surface area contributed by atoms with Crippen molar-refractivity contribution in [3.05, 3.63) is 65.0 Å². The number of halogens is 1. The lowest BCUT2D eigenvalue weighted by atomic mass is 10.2. The van der Waals surface area contributed by atoms with Gasteiger partial charge in [0.1, 0.15) is 5.82 Å². The Bertz CT molecular complexity index is 460. The Morgan fingerprint density at radius 3 is 2.83 bits per heavy atom. The molecule has 1 aliphatic rings. The van der Waals surface area contributed by atoms with Gasteiger partial charge in [0.25, 0.3) is 0 Å². The van der Waals surface area contributed by atoms with Crippen LogP contribution in [-0.2, 0) is 0 Å². The average Bonchev–Trinajstić information content (AvgIpc) is 2.40. The molecule has 2 rings (SSSR count). The van der Waals surface area contributed by atoms with Gasteiger partial charge in [0.15, 0.2) is 0 Å². The van der Waals surface area contributed by atoms with Crippen molar-refractivity contribution < 1.29 is 4.39 Å². The molecule has 18 heavy (non-hydrogen) atoms. The molecule has 0 amide bonds. The Morgan fingerprint density at radius 2 is 2.00 bits per heavy atom. The molecule has 1 aromatic carbocycles. The normalized spacial score (nSPS) is 22.2. The zero-order valence-corrected chi connectivity index (χ0v) is 10.9. The van der Waals surface area contributed by atoms with Gasteiger partial charge in [-0.25, -0.2) is 4.39 Å². The van der Waals surface area contributed by atoms with Crippen LogP contribution in [0.4, 0.5) is 4.39 Å². The van der Waals surface area contributed by atoms with Crippen LogP contribution in [0.5, 0.6) is 0 Å². The summed E-state index contributed by atoms with van der Waals surface area (Å²) in [4.78, 5) is 1.30. The van der Waals surface area contributed by atoms with E-state index in [1.165, 1.54) is 17.0 Å². The van der Waals surface area contributed by atoms with E-state index in [9.17, 15) is 4.39 Å². The molecule has 1 nitrogen and oxygen atoms in total. The van der Waals surface area contributed by atoms with Gasteiger partial charge in [-0.2, -0.15) is 0 Å². The van der Waals surface area contributed by atoms with E-state index < -0.39 is 0 Å². The van der Waals surface area contributed by atoms with Crippen LogP contribution < -0.4 is 5.32 Å². The van der Waals surface area contributed by atoms with Crippen LogP contribution in [-0.4, -0.2) is 12.3 Å². The molecule has 0 atom stereocenters.